The molecule has 68 valence electrons. The van der Waals surface area contributed by atoms with Gasteiger partial charge in [0.1, 0.15) is 0 Å². The average Bonchev–Trinajstić information content (AvgIpc) is 2.53. The summed E-state index contributed by atoms with van der Waals surface area (Å²) in [6.07, 6.45) is 4.44. The molecule has 0 bridgehead atoms. The Hall–Kier alpha value is -0.550. The fourth-order valence-electron chi connectivity index (χ4n) is 1.83. The summed E-state index contributed by atoms with van der Waals surface area (Å²) in [5.74, 6) is 0.923. The van der Waals surface area contributed by atoms with Crippen molar-refractivity contribution in [2.75, 3.05) is 19.6 Å². The first-order valence-electron chi connectivity index (χ1n) is 4.96. The Morgan fingerprint density at radius 3 is 3.00 bits per heavy atom. The first-order chi connectivity index (χ1) is 5.86. The molecule has 2 nitrogen and oxygen atoms in total. The molecular formula is C10H18N2. The molecule has 1 aliphatic rings. The molecule has 12 heavy (non-hydrogen) atoms. The van der Waals surface area contributed by atoms with E-state index in [0.717, 1.165) is 18.9 Å². The third-order valence-electron chi connectivity index (χ3n) is 2.71. The lowest BCUT2D eigenvalue weighted by atomic mass is 10.1. The van der Waals surface area contributed by atoms with Crippen molar-refractivity contribution in [3.05, 3.63) is 0 Å². The van der Waals surface area contributed by atoms with E-state index >= 15 is 0 Å². The van der Waals surface area contributed by atoms with E-state index < -0.39 is 0 Å². The van der Waals surface area contributed by atoms with E-state index in [1.807, 2.05) is 0 Å². The van der Waals surface area contributed by atoms with Crippen LogP contribution in [-0.4, -0.2) is 24.5 Å². The Morgan fingerprint density at radius 1 is 1.58 bits per heavy atom. The maximum absolute atomic E-state index is 8.37. The number of unbranched alkanes of at least 4 members (excludes halogenated alkanes) is 1. The Kier molecular flexibility index (Phi) is 4.10. The van der Waals surface area contributed by atoms with Gasteiger partial charge in [0.25, 0.3) is 0 Å². The van der Waals surface area contributed by atoms with Gasteiger partial charge in [0.2, 0.25) is 0 Å². The predicted molar refractivity (Wildman–Crippen MR) is 49.7 cm³/mol. The number of rotatable bonds is 4. The second kappa shape index (κ2) is 5.16. The van der Waals surface area contributed by atoms with E-state index in [2.05, 4.69) is 17.9 Å². The zero-order valence-electron chi connectivity index (χ0n) is 7.92. The molecule has 0 radical (unpaired) electrons. The molecule has 0 aromatic rings. The lowest BCUT2D eigenvalue weighted by Crippen LogP contribution is -2.21. The van der Waals surface area contributed by atoms with Gasteiger partial charge in [0.05, 0.1) is 6.07 Å². The summed E-state index contributed by atoms with van der Waals surface area (Å²) in [5.41, 5.74) is 0. The zero-order chi connectivity index (χ0) is 8.81. The highest BCUT2D eigenvalue weighted by Crippen LogP contribution is 2.18. The Labute approximate surface area is 75.2 Å². The van der Waals surface area contributed by atoms with E-state index in [4.69, 9.17) is 5.26 Å². The summed E-state index contributed by atoms with van der Waals surface area (Å²) in [6.45, 7) is 5.92. The van der Waals surface area contributed by atoms with Gasteiger partial charge < -0.3 is 4.90 Å². The van der Waals surface area contributed by atoms with Crippen LogP contribution >= 0.6 is 0 Å². The van der Waals surface area contributed by atoms with Crippen molar-refractivity contribution in [2.24, 2.45) is 5.92 Å². The van der Waals surface area contributed by atoms with Gasteiger partial charge in [0.15, 0.2) is 0 Å². The molecule has 0 aromatic carbocycles. The zero-order valence-corrected chi connectivity index (χ0v) is 7.92. The monoisotopic (exact) mass is 166 g/mol. The summed E-state index contributed by atoms with van der Waals surface area (Å²) in [5, 5.41) is 8.37. The van der Waals surface area contributed by atoms with E-state index in [1.165, 1.54) is 25.9 Å². The molecule has 1 saturated heterocycles. The molecule has 1 rings (SSSR count). The van der Waals surface area contributed by atoms with E-state index in [0.29, 0.717) is 6.42 Å². The smallest absolute Gasteiger partial charge is 0.0622 e. The van der Waals surface area contributed by atoms with Crippen molar-refractivity contribution >= 4 is 0 Å². The number of nitriles is 1. The highest BCUT2D eigenvalue weighted by molar-refractivity contribution is 4.76. The molecule has 1 unspecified atom stereocenters. The van der Waals surface area contributed by atoms with Crippen LogP contribution in [0, 0.1) is 17.2 Å². The topological polar surface area (TPSA) is 27.0 Å². The standard InChI is InChI=1S/C10H18N2/c1-2-10-5-8-12(9-10)7-4-3-6-11/h10H,2-5,7-9H2,1H3. The van der Waals surface area contributed by atoms with Gasteiger partial charge in [-0.2, -0.15) is 5.26 Å². The maximum atomic E-state index is 8.37. The van der Waals surface area contributed by atoms with Crippen molar-refractivity contribution in [3.63, 3.8) is 0 Å². The summed E-state index contributed by atoms with van der Waals surface area (Å²) >= 11 is 0. The molecule has 1 fully saturated rings. The summed E-state index contributed by atoms with van der Waals surface area (Å²) in [4.78, 5) is 2.49. The number of likely N-dealkylation sites (tertiary alicyclic amines) is 1. The average molecular weight is 166 g/mol. The van der Waals surface area contributed by atoms with Crippen molar-refractivity contribution in [1.29, 1.82) is 5.26 Å². The normalized spacial score (nSPS) is 24.2. The third-order valence-corrected chi connectivity index (χ3v) is 2.71. The molecule has 2 heteroatoms. The van der Waals surface area contributed by atoms with Crippen LogP contribution in [0.4, 0.5) is 0 Å². The SMILES string of the molecule is CCC1CCN(CCCC#N)C1. The van der Waals surface area contributed by atoms with Gasteiger partial charge in [-0.3, -0.25) is 0 Å². The van der Waals surface area contributed by atoms with Crippen molar-refractivity contribution in [3.8, 4) is 6.07 Å². The van der Waals surface area contributed by atoms with Crippen LogP contribution in [0.3, 0.4) is 0 Å². The third kappa shape index (κ3) is 2.83. The fourth-order valence-corrected chi connectivity index (χ4v) is 1.83. The Balaban J connectivity index is 2.07. The first kappa shape index (κ1) is 9.54. The van der Waals surface area contributed by atoms with Gasteiger partial charge in [0, 0.05) is 13.0 Å². The Morgan fingerprint density at radius 2 is 2.42 bits per heavy atom. The van der Waals surface area contributed by atoms with Crippen molar-refractivity contribution < 1.29 is 0 Å². The van der Waals surface area contributed by atoms with Crippen LogP contribution in [0.1, 0.15) is 32.6 Å². The van der Waals surface area contributed by atoms with Crippen molar-refractivity contribution in [1.82, 2.24) is 4.90 Å². The summed E-state index contributed by atoms with van der Waals surface area (Å²) in [7, 11) is 0. The minimum Gasteiger partial charge on any atom is -0.303 e. The summed E-state index contributed by atoms with van der Waals surface area (Å²) < 4.78 is 0. The lowest BCUT2D eigenvalue weighted by Gasteiger charge is -2.13. The first-order valence-corrected chi connectivity index (χ1v) is 4.96. The molecule has 0 aliphatic carbocycles. The molecule has 0 spiro atoms. The minimum absolute atomic E-state index is 0.716. The number of nitrogens with zero attached hydrogens (tertiary/aromatic N) is 2. The maximum Gasteiger partial charge on any atom is 0.0622 e. The second-order valence-corrected chi connectivity index (χ2v) is 3.63. The van der Waals surface area contributed by atoms with Gasteiger partial charge in [-0.05, 0) is 31.8 Å². The van der Waals surface area contributed by atoms with Gasteiger partial charge in [-0.25, -0.2) is 0 Å². The molecule has 0 saturated carbocycles. The molecule has 0 aromatic heterocycles. The molecule has 1 atom stereocenters. The predicted octanol–water partition coefficient (Wildman–Crippen LogP) is 2.02. The van der Waals surface area contributed by atoms with Gasteiger partial charge >= 0.3 is 0 Å². The molecular weight excluding hydrogens is 148 g/mol. The molecule has 1 heterocycles. The van der Waals surface area contributed by atoms with E-state index in [1.54, 1.807) is 0 Å². The lowest BCUT2D eigenvalue weighted by molar-refractivity contribution is 0.320. The molecule has 0 N–H and O–H groups in total. The van der Waals surface area contributed by atoms with E-state index in [9.17, 15) is 0 Å². The highest BCUT2D eigenvalue weighted by atomic mass is 15.1. The minimum atomic E-state index is 0.716. The number of hydrogen-bond acceptors (Lipinski definition) is 2. The highest BCUT2D eigenvalue weighted by Gasteiger charge is 2.19. The summed E-state index contributed by atoms with van der Waals surface area (Å²) in [6, 6.07) is 2.19. The van der Waals surface area contributed by atoms with Crippen molar-refractivity contribution in [2.45, 2.75) is 32.6 Å². The van der Waals surface area contributed by atoms with Gasteiger partial charge in [-0.15, -0.1) is 0 Å². The van der Waals surface area contributed by atoms with Crippen LogP contribution < -0.4 is 0 Å². The van der Waals surface area contributed by atoms with Crippen LogP contribution in [-0.2, 0) is 0 Å². The largest absolute Gasteiger partial charge is 0.303 e. The van der Waals surface area contributed by atoms with Gasteiger partial charge in [-0.1, -0.05) is 13.3 Å². The Bertz CT molecular complexity index is 160. The fraction of sp³-hybridized carbons (Fsp3) is 0.900. The molecule has 1 aliphatic heterocycles. The van der Waals surface area contributed by atoms with Crippen LogP contribution in [0.15, 0.2) is 0 Å². The quantitative estimate of drug-likeness (QED) is 0.597. The van der Waals surface area contributed by atoms with Crippen LogP contribution in [0.25, 0.3) is 0 Å². The van der Waals surface area contributed by atoms with Crippen LogP contribution in [0.2, 0.25) is 0 Å². The second-order valence-electron chi connectivity index (χ2n) is 3.63. The van der Waals surface area contributed by atoms with E-state index in [-0.39, 0.29) is 0 Å². The number of hydrogen-bond donors (Lipinski definition) is 0. The molecule has 0 amide bonds. The van der Waals surface area contributed by atoms with Crippen LogP contribution in [0.5, 0.6) is 0 Å².